The zero-order valence-corrected chi connectivity index (χ0v) is 11.0. The molecule has 0 bridgehead atoms. The first-order valence-corrected chi connectivity index (χ1v) is 6.51. The van der Waals surface area contributed by atoms with Crippen LogP contribution >= 0.6 is 0 Å². The SMILES string of the molecule is CC(N)c1ccc(F)cc1OCC(=O)NCC1CC1. The van der Waals surface area contributed by atoms with Crippen molar-refractivity contribution < 1.29 is 13.9 Å². The fourth-order valence-electron chi connectivity index (χ4n) is 1.78. The van der Waals surface area contributed by atoms with Gasteiger partial charge in [-0.05, 0) is 31.7 Å². The van der Waals surface area contributed by atoms with Gasteiger partial charge in [0, 0.05) is 24.2 Å². The lowest BCUT2D eigenvalue weighted by atomic mass is 10.1. The summed E-state index contributed by atoms with van der Waals surface area (Å²) in [6.07, 6.45) is 2.36. The molecule has 1 amide bonds. The Morgan fingerprint density at radius 1 is 1.58 bits per heavy atom. The lowest BCUT2D eigenvalue weighted by Gasteiger charge is -2.14. The first-order valence-electron chi connectivity index (χ1n) is 6.51. The molecule has 104 valence electrons. The molecule has 1 aliphatic carbocycles. The van der Waals surface area contributed by atoms with Crippen LogP contribution in [0.5, 0.6) is 5.75 Å². The van der Waals surface area contributed by atoms with E-state index in [4.69, 9.17) is 10.5 Å². The average Bonchev–Trinajstić information content (AvgIpc) is 3.17. The zero-order valence-electron chi connectivity index (χ0n) is 11.0. The first kappa shape index (κ1) is 13.8. The molecular weight excluding hydrogens is 247 g/mol. The van der Waals surface area contributed by atoms with Crippen LogP contribution in [0.1, 0.15) is 31.4 Å². The van der Waals surface area contributed by atoms with E-state index < -0.39 is 5.82 Å². The molecule has 2 rings (SSSR count). The molecule has 1 aromatic rings. The molecule has 1 aromatic carbocycles. The van der Waals surface area contributed by atoms with Crippen LogP contribution in [0.2, 0.25) is 0 Å². The molecule has 0 heterocycles. The Kier molecular flexibility index (Phi) is 4.37. The van der Waals surface area contributed by atoms with Gasteiger partial charge in [-0.1, -0.05) is 6.07 Å². The minimum Gasteiger partial charge on any atom is -0.483 e. The number of hydrogen-bond donors (Lipinski definition) is 2. The number of carbonyl (C=O) groups is 1. The highest BCUT2D eigenvalue weighted by molar-refractivity contribution is 5.77. The highest BCUT2D eigenvalue weighted by Crippen LogP contribution is 2.27. The van der Waals surface area contributed by atoms with E-state index in [0.29, 0.717) is 23.8 Å². The number of amides is 1. The van der Waals surface area contributed by atoms with E-state index in [0.717, 1.165) is 0 Å². The Balaban J connectivity index is 1.89. The van der Waals surface area contributed by atoms with Crippen molar-refractivity contribution in [3.63, 3.8) is 0 Å². The molecule has 0 aromatic heterocycles. The highest BCUT2D eigenvalue weighted by Gasteiger charge is 2.21. The normalized spacial score (nSPS) is 15.9. The number of carbonyl (C=O) groups excluding carboxylic acids is 1. The van der Waals surface area contributed by atoms with Crippen molar-refractivity contribution in [2.75, 3.05) is 13.2 Å². The van der Waals surface area contributed by atoms with Gasteiger partial charge in [-0.15, -0.1) is 0 Å². The van der Waals surface area contributed by atoms with Gasteiger partial charge in [0.15, 0.2) is 6.61 Å². The molecule has 0 aliphatic heterocycles. The topological polar surface area (TPSA) is 64.3 Å². The summed E-state index contributed by atoms with van der Waals surface area (Å²) < 4.78 is 18.5. The summed E-state index contributed by atoms with van der Waals surface area (Å²) >= 11 is 0. The van der Waals surface area contributed by atoms with Gasteiger partial charge in [0.25, 0.3) is 5.91 Å². The second-order valence-corrected chi connectivity index (χ2v) is 5.01. The fourth-order valence-corrected chi connectivity index (χ4v) is 1.78. The van der Waals surface area contributed by atoms with Crippen LogP contribution in [0.15, 0.2) is 18.2 Å². The zero-order chi connectivity index (χ0) is 13.8. The third-order valence-corrected chi connectivity index (χ3v) is 3.11. The minimum atomic E-state index is -0.405. The van der Waals surface area contributed by atoms with Crippen molar-refractivity contribution in [2.24, 2.45) is 11.7 Å². The molecule has 19 heavy (non-hydrogen) atoms. The van der Waals surface area contributed by atoms with E-state index in [1.165, 1.54) is 25.0 Å². The average molecular weight is 266 g/mol. The monoisotopic (exact) mass is 266 g/mol. The summed E-state index contributed by atoms with van der Waals surface area (Å²) in [7, 11) is 0. The predicted octanol–water partition coefficient (Wildman–Crippen LogP) is 1.75. The van der Waals surface area contributed by atoms with Crippen molar-refractivity contribution in [3.8, 4) is 5.75 Å². The van der Waals surface area contributed by atoms with Crippen molar-refractivity contribution in [2.45, 2.75) is 25.8 Å². The molecular formula is C14H19FN2O2. The van der Waals surface area contributed by atoms with E-state index in [-0.39, 0.29) is 18.6 Å². The quantitative estimate of drug-likeness (QED) is 0.824. The summed E-state index contributed by atoms with van der Waals surface area (Å²) in [4.78, 5) is 11.6. The van der Waals surface area contributed by atoms with E-state index in [9.17, 15) is 9.18 Å². The van der Waals surface area contributed by atoms with E-state index in [1.54, 1.807) is 13.0 Å². The van der Waals surface area contributed by atoms with Crippen LogP contribution in [0.25, 0.3) is 0 Å². The maximum absolute atomic E-state index is 13.2. The third kappa shape index (κ3) is 4.21. The predicted molar refractivity (Wildman–Crippen MR) is 70.2 cm³/mol. The Hall–Kier alpha value is -1.62. The number of nitrogens with one attached hydrogen (secondary N) is 1. The molecule has 1 unspecified atom stereocenters. The van der Waals surface area contributed by atoms with Gasteiger partial charge in [0.1, 0.15) is 11.6 Å². The van der Waals surface area contributed by atoms with Crippen molar-refractivity contribution in [3.05, 3.63) is 29.6 Å². The smallest absolute Gasteiger partial charge is 0.257 e. The Morgan fingerprint density at radius 2 is 2.32 bits per heavy atom. The van der Waals surface area contributed by atoms with Crippen LogP contribution in [0.4, 0.5) is 4.39 Å². The molecule has 4 nitrogen and oxygen atoms in total. The summed E-state index contributed by atoms with van der Waals surface area (Å²) in [5.74, 6) is 0.360. The van der Waals surface area contributed by atoms with Crippen molar-refractivity contribution in [1.29, 1.82) is 0 Å². The number of benzene rings is 1. The minimum absolute atomic E-state index is 0.115. The number of nitrogens with two attached hydrogens (primary N) is 1. The first-order chi connectivity index (χ1) is 9.06. The van der Waals surface area contributed by atoms with Crippen molar-refractivity contribution >= 4 is 5.91 Å². The second kappa shape index (κ2) is 6.02. The largest absolute Gasteiger partial charge is 0.483 e. The Bertz CT molecular complexity index is 459. The maximum atomic E-state index is 13.2. The van der Waals surface area contributed by atoms with E-state index >= 15 is 0 Å². The summed E-state index contributed by atoms with van der Waals surface area (Å²) in [6.45, 7) is 2.37. The van der Waals surface area contributed by atoms with E-state index in [2.05, 4.69) is 5.32 Å². The highest BCUT2D eigenvalue weighted by atomic mass is 19.1. The number of halogens is 1. The Morgan fingerprint density at radius 3 is 2.95 bits per heavy atom. The molecule has 0 radical (unpaired) electrons. The number of hydrogen-bond acceptors (Lipinski definition) is 3. The van der Waals surface area contributed by atoms with Crippen LogP contribution < -0.4 is 15.8 Å². The molecule has 1 aliphatic rings. The van der Waals surface area contributed by atoms with Gasteiger partial charge < -0.3 is 15.8 Å². The van der Waals surface area contributed by atoms with Crippen LogP contribution in [-0.2, 0) is 4.79 Å². The number of rotatable bonds is 6. The lowest BCUT2D eigenvalue weighted by molar-refractivity contribution is -0.123. The van der Waals surface area contributed by atoms with Gasteiger partial charge in [-0.25, -0.2) is 4.39 Å². The van der Waals surface area contributed by atoms with Gasteiger partial charge in [-0.3, -0.25) is 4.79 Å². The van der Waals surface area contributed by atoms with E-state index in [1.807, 2.05) is 0 Å². The van der Waals surface area contributed by atoms with Crippen molar-refractivity contribution in [1.82, 2.24) is 5.32 Å². The summed E-state index contributed by atoms with van der Waals surface area (Å²) in [6, 6.07) is 3.90. The Labute approximate surface area is 112 Å². The van der Waals surface area contributed by atoms with Gasteiger partial charge in [0.2, 0.25) is 0 Å². The summed E-state index contributed by atoms with van der Waals surface area (Å²) in [5, 5.41) is 2.79. The van der Waals surface area contributed by atoms with Gasteiger partial charge in [-0.2, -0.15) is 0 Å². The molecule has 1 atom stereocenters. The second-order valence-electron chi connectivity index (χ2n) is 5.01. The van der Waals surface area contributed by atoms with Crippen LogP contribution in [-0.4, -0.2) is 19.1 Å². The molecule has 0 spiro atoms. The molecule has 1 fully saturated rings. The fraction of sp³-hybridized carbons (Fsp3) is 0.500. The summed E-state index contributed by atoms with van der Waals surface area (Å²) in [5.41, 5.74) is 6.47. The molecule has 1 saturated carbocycles. The maximum Gasteiger partial charge on any atom is 0.257 e. The molecule has 0 saturated heterocycles. The molecule has 3 N–H and O–H groups in total. The lowest BCUT2D eigenvalue weighted by Crippen LogP contribution is -2.30. The van der Waals surface area contributed by atoms with Crippen LogP contribution in [0.3, 0.4) is 0 Å². The molecule has 5 heteroatoms. The van der Waals surface area contributed by atoms with Crippen LogP contribution in [0, 0.1) is 11.7 Å². The third-order valence-electron chi connectivity index (χ3n) is 3.11. The number of ether oxygens (including phenoxy) is 1. The standard InChI is InChI=1S/C14H19FN2O2/c1-9(16)12-5-4-11(15)6-13(12)19-8-14(18)17-7-10-2-3-10/h4-6,9-10H,2-3,7-8,16H2,1H3,(H,17,18). The van der Waals surface area contributed by atoms with Gasteiger partial charge >= 0.3 is 0 Å². The van der Waals surface area contributed by atoms with Gasteiger partial charge in [0.05, 0.1) is 0 Å².